The highest BCUT2D eigenvalue weighted by molar-refractivity contribution is 7.89. The van der Waals surface area contributed by atoms with Crippen LogP contribution in [-0.2, 0) is 23.0 Å². The molecule has 0 bridgehead atoms. The van der Waals surface area contributed by atoms with Gasteiger partial charge in [0.25, 0.3) is 0 Å². The number of benzene rings is 1. The Hall–Kier alpha value is -1.86. The fourth-order valence-corrected chi connectivity index (χ4v) is 4.18. The van der Waals surface area contributed by atoms with E-state index >= 15 is 0 Å². The number of aryl methyl sites for hydroxylation is 1. The van der Waals surface area contributed by atoms with E-state index in [0.29, 0.717) is 35.7 Å². The van der Waals surface area contributed by atoms with E-state index in [0.717, 1.165) is 11.4 Å². The minimum atomic E-state index is -3.51. The van der Waals surface area contributed by atoms with Crippen LogP contribution in [0.3, 0.4) is 0 Å². The number of nitrogens with zero attached hydrogens (tertiary/aromatic N) is 2. The molecule has 0 saturated carbocycles. The molecule has 21 heavy (non-hydrogen) atoms. The molecule has 0 spiro atoms. The zero-order valence-corrected chi connectivity index (χ0v) is 12.8. The fraction of sp³-hybridized carbons (Fsp3) is 0.357. The third-order valence-corrected chi connectivity index (χ3v) is 5.75. The molecule has 0 saturated heterocycles. The standard InChI is InChI=1S/C14H17N3O3S/c1-10-7-11(20-2)3-4-14(10)21(18,19)17-6-5-12-13(8-17)16-9-15-12/h3-4,7,9H,5-6,8H2,1-2H3,(H,15,16). The first kappa shape index (κ1) is 14.1. The van der Waals surface area contributed by atoms with Gasteiger partial charge in [0.2, 0.25) is 10.0 Å². The lowest BCUT2D eigenvalue weighted by atomic mass is 10.2. The van der Waals surface area contributed by atoms with Gasteiger partial charge in [-0.15, -0.1) is 0 Å². The van der Waals surface area contributed by atoms with Crippen LogP contribution in [0.1, 0.15) is 17.0 Å². The molecule has 0 aliphatic carbocycles. The molecule has 3 rings (SSSR count). The summed E-state index contributed by atoms with van der Waals surface area (Å²) in [5.41, 5.74) is 2.51. The molecule has 0 fully saturated rings. The summed E-state index contributed by atoms with van der Waals surface area (Å²) in [6.45, 7) is 2.57. The van der Waals surface area contributed by atoms with Crippen molar-refractivity contribution >= 4 is 10.0 Å². The number of imidazole rings is 1. The van der Waals surface area contributed by atoms with Crippen molar-refractivity contribution in [2.75, 3.05) is 13.7 Å². The summed E-state index contributed by atoms with van der Waals surface area (Å²) >= 11 is 0. The molecule has 1 aliphatic heterocycles. The van der Waals surface area contributed by atoms with Gasteiger partial charge >= 0.3 is 0 Å². The maximum atomic E-state index is 12.8. The van der Waals surface area contributed by atoms with Crippen molar-refractivity contribution in [3.63, 3.8) is 0 Å². The van der Waals surface area contributed by atoms with E-state index in [1.54, 1.807) is 38.6 Å². The van der Waals surface area contributed by atoms with Gasteiger partial charge in [-0.3, -0.25) is 0 Å². The lowest BCUT2D eigenvalue weighted by Crippen LogP contribution is -2.36. The number of hydrogen-bond donors (Lipinski definition) is 1. The first-order valence-electron chi connectivity index (χ1n) is 6.68. The van der Waals surface area contributed by atoms with E-state index in [1.165, 1.54) is 4.31 Å². The molecule has 1 aliphatic rings. The van der Waals surface area contributed by atoms with Crippen LogP contribution in [0.2, 0.25) is 0 Å². The molecule has 6 nitrogen and oxygen atoms in total. The molecule has 0 atom stereocenters. The predicted molar refractivity (Wildman–Crippen MR) is 77.6 cm³/mol. The Labute approximate surface area is 123 Å². The highest BCUT2D eigenvalue weighted by atomic mass is 32.2. The van der Waals surface area contributed by atoms with Gasteiger partial charge in [0, 0.05) is 13.0 Å². The Morgan fingerprint density at radius 2 is 2.19 bits per heavy atom. The SMILES string of the molecule is COc1ccc(S(=O)(=O)N2CCc3nc[nH]c3C2)c(C)c1. The lowest BCUT2D eigenvalue weighted by Gasteiger charge is -2.26. The number of nitrogens with one attached hydrogen (secondary N) is 1. The van der Waals surface area contributed by atoms with Crippen molar-refractivity contribution in [3.8, 4) is 5.75 Å². The minimum Gasteiger partial charge on any atom is -0.497 e. The van der Waals surface area contributed by atoms with E-state index in [4.69, 9.17) is 4.74 Å². The molecular weight excluding hydrogens is 290 g/mol. The van der Waals surface area contributed by atoms with Crippen molar-refractivity contribution < 1.29 is 13.2 Å². The van der Waals surface area contributed by atoms with E-state index in [2.05, 4.69) is 9.97 Å². The van der Waals surface area contributed by atoms with Crippen molar-refractivity contribution in [3.05, 3.63) is 41.5 Å². The average Bonchev–Trinajstić information content (AvgIpc) is 2.94. The largest absolute Gasteiger partial charge is 0.497 e. The predicted octanol–water partition coefficient (Wildman–Crippen LogP) is 1.47. The van der Waals surface area contributed by atoms with Crippen molar-refractivity contribution in [2.45, 2.75) is 24.8 Å². The number of aromatic nitrogens is 2. The van der Waals surface area contributed by atoms with Crippen LogP contribution < -0.4 is 4.74 Å². The van der Waals surface area contributed by atoms with Crippen LogP contribution in [-0.4, -0.2) is 36.3 Å². The highest BCUT2D eigenvalue weighted by Gasteiger charge is 2.30. The Kier molecular flexibility index (Phi) is 3.46. The molecule has 7 heteroatoms. The number of methoxy groups -OCH3 is 1. The van der Waals surface area contributed by atoms with Gasteiger partial charge < -0.3 is 9.72 Å². The van der Waals surface area contributed by atoms with Crippen molar-refractivity contribution in [1.82, 2.24) is 14.3 Å². The molecule has 1 aromatic carbocycles. The van der Waals surface area contributed by atoms with Gasteiger partial charge in [-0.25, -0.2) is 13.4 Å². The number of H-pyrrole nitrogens is 1. The first-order valence-corrected chi connectivity index (χ1v) is 8.12. The number of aromatic amines is 1. The van der Waals surface area contributed by atoms with Gasteiger partial charge in [-0.05, 0) is 30.7 Å². The summed E-state index contributed by atoms with van der Waals surface area (Å²) in [4.78, 5) is 7.52. The second-order valence-corrected chi connectivity index (χ2v) is 6.95. The summed E-state index contributed by atoms with van der Waals surface area (Å²) in [6, 6.07) is 5.01. The minimum absolute atomic E-state index is 0.325. The fourth-order valence-electron chi connectivity index (χ4n) is 2.57. The molecule has 2 heterocycles. The normalized spacial score (nSPS) is 15.7. The van der Waals surface area contributed by atoms with Gasteiger partial charge in [0.05, 0.1) is 36.3 Å². The molecule has 2 aromatic rings. The Morgan fingerprint density at radius 3 is 2.90 bits per heavy atom. The molecule has 1 aromatic heterocycles. The smallest absolute Gasteiger partial charge is 0.243 e. The van der Waals surface area contributed by atoms with Crippen LogP contribution in [0, 0.1) is 6.92 Å². The van der Waals surface area contributed by atoms with Crippen LogP contribution in [0.4, 0.5) is 0 Å². The molecule has 0 amide bonds. The summed E-state index contributed by atoms with van der Waals surface area (Å²) in [5, 5.41) is 0. The zero-order valence-electron chi connectivity index (χ0n) is 12.0. The van der Waals surface area contributed by atoms with Crippen molar-refractivity contribution in [1.29, 1.82) is 0 Å². The second kappa shape index (κ2) is 5.16. The monoisotopic (exact) mass is 307 g/mol. The molecule has 112 valence electrons. The van der Waals surface area contributed by atoms with Crippen LogP contribution in [0.15, 0.2) is 29.4 Å². The summed E-state index contributed by atoms with van der Waals surface area (Å²) in [6.07, 6.45) is 2.24. The lowest BCUT2D eigenvalue weighted by molar-refractivity contribution is 0.385. The molecule has 1 N–H and O–H groups in total. The summed E-state index contributed by atoms with van der Waals surface area (Å²) in [5.74, 6) is 0.654. The molecular formula is C14H17N3O3S. The van der Waals surface area contributed by atoms with Gasteiger partial charge in [0.1, 0.15) is 5.75 Å². The van der Waals surface area contributed by atoms with Gasteiger partial charge in [0.15, 0.2) is 0 Å². The molecule has 0 unspecified atom stereocenters. The van der Waals surface area contributed by atoms with E-state index in [1.807, 2.05) is 0 Å². The highest BCUT2D eigenvalue weighted by Crippen LogP contribution is 2.27. The summed E-state index contributed by atoms with van der Waals surface area (Å²) < 4.78 is 32.2. The Bertz CT molecular complexity index is 768. The quantitative estimate of drug-likeness (QED) is 0.932. The van der Waals surface area contributed by atoms with E-state index in [-0.39, 0.29) is 0 Å². The second-order valence-electron chi connectivity index (χ2n) is 5.05. The summed E-state index contributed by atoms with van der Waals surface area (Å²) in [7, 11) is -1.95. The zero-order chi connectivity index (χ0) is 15.0. The van der Waals surface area contributed by atoms with Crippen LogP contribution in [0.5, 0.6) is 5.75 Å². The van der Waals surface area contributed by atoms with E-state index in [9.17, 15) is 8.42 Å². The van der Waals surface area contributed by atoms with Crippen molar-refractivity contribution in [2.24, 2.45) is 0 Å². The number of hydrogen-bond acceptors (Lipinski definition) is 4. The maximum Gasteiger partial charge on any atom is 0.243 e. The van der Waals surface area contributed by atoms with Crippen LogP contribution in [0.25, 0.3) is 0 Å². The number of ether oxygens (including phenoxy) is 1. The Morgan fingerprint density at radius 1 is 1.38 bits per heavy atom. The van der Waals surface area contributed by atoms with Crippen LogP contribution >= 0.6 is 0 Å². The average molecular weight is 307 g/mol. The number of sulfonamides is 1. The maximum absolute atomic E-state index is 12.8. The molecule has 0 radical (unpaired) electrons. The third-order valence-electron chi connectivity index (χ3n) is 3.74. The number of fused-ring (bicyclic) bond motifs is 1. The topological polar surface area (TPSA) is 75.3 Å². The van der Waals surface area contributed by atoms with E-state index < -0.39 is 10.0 Å². The Balaban J connectivity index is 1.95. The van der Waals surface area contributed by atoms with Gasteiger partial charge in [-0.1, -0.05) is 0 Å². The van der Waals surface area contributed by atoms with Gasteiger partial charge in [-0.2, -0.15) is 4.31 Å². The third kappa shape index (κ3) is 2.43. The number of rotatable bonds is 3. The first-order chi connectivity index (χ1) is 10.0.